The molecule has 3 aromatic rings. The molecular weight excluding hydrogens is 408 g/mol. The Kier molecular flexibility index (Phi) is 5.10. The van der Waals surface area contributed by atoms with Gasteiger partial charge < -0.3 is 16.0 Å². The zero-order chi connectivity index (χ0) is 21.6. The summed E-state index contributed by atoms with van der Waals surface area (Å²) in [5.41, 5.74) is 10.2. The van der Waals surface area contributed by atoms with Gasteiger partial charge in [-0.2, -0.15) is 0 Å². The summed E-state index contributed by atoms with van der Waals surface area (Å²) >= 11 is 0. The maximum Gasteiger partial charge on any atom is 0.180 e. The summed E-state index contributed by atoms with van der Waals surface area (Å²) in [6, 6.07) is 16.0. The van der Waals surface area contributed by atoms with Gasteiger partial charge in [0.15, 0.2) is 9.84 Å². The molecule has 0 amide bonds. The number of fused-ring (bicyclic) bond motifs is 2. The van der Waals surface area contributed by atoms with Crippen LogP contribution in [0.5, 0.6) is 0 Å². The second kappa shape index (κ2) is 7.80. The minimum atomic E-state index is -3.31. The Balaban J connectivity index is 1.58. The minimum absolute atomic E-state index is 0.0773. The van der Waals surface area contributed by atoms with Crippen molar-refractivity contribution in [3.05, 3.63) is 59.7 Å². The number of pyridine rings is 1. The molecular formula is C24H28N4O2S. The van der Waals surface area contributed by atoms with Gasteiger partial charge in [0, 0.05) is 42.3 Å². The van der Waals surface area contributed by atoms with E-state index < -0.39 is 9.84 Å². The lowest BCUT2D eigenvalue weighted by Gasteiger charge is -2.25. The molecule has 0 bridgehead atoms. The van der Waals surface area contributed by atoms with Gasteiger partial charge in [-0.05, 0) is 49.9 Å². The van der Waals surface area contributed by atoms with Crippen molar-refractivity contribution < 1.29 is 8.42 Å². The average Bonchev–Trinajstić information content (AvgIpc) is 3.09. The number of aryl methyl sites for hydroxylation is 1. The molecule has 31 heavy (non-hydrogen) atoms. The van der Waals surface area contributed by atoms with Crippen molar-refractivity contribution in [3.63, 3.8) is 0 Å². The lowest BCUT2D eigenvalue weighted by molar-refractivity contribution is 0.596. The largest absolute Gasteiger partial charge is 0.380 e. The van der Waals surface area contributed by atoms with E-state index in [1.54, 1.807) is 12.1 Å². The number of nitrogens with two attached hydrogens (primary N) is 1. The van der Waals surface area contributed by atoms with Crippen molar-refractivity contribution in [2.45, 2.75) is 49.7 Å². The van der Waals surface area contributed by atoms with Crippen LogP contribution in [0.4, 0.5) is 11.5 Å². The molecule has 1 saturated carbocycles. The number of sulfone groups is 1. The van der Waals surface area contributed by atoms with Crippen LogP contribution in [-0.2, 0) is 16.4 Å². The van der Waals surface area contributed by atoms with E-state index in [-0.39, 0.29) is 17.8 Å². The van der Waals surface area contributed by atoms with Crippen molar-refractivity contribution in [3.8, 4) is 0 Å². The first kappa shape index (κ1) is 20.3. The molecule has 5 rings (SSSR count). The van der Waals surface area contributed by atoms with E-state index in [2.05, 4.69) is 35.3 Å². The van der Waals surface area contributed by atoms with E-state index in [1.807, 2.05) is 18.2 Å². The van der Waals surface area contributed by atoms with Gasteiger partial charge in [-0.25, -0.2) is 13.4 Å². The van der Waals surface area contributed by atoms with Gasteiger partial charge in [0.05, 0.1) is 16.2 Å². The molecule has 2 heterocycles. The quantitative estimate of drug-likeness (QED) is 0.652. The smallest absolute Gasteiger partial charge is 0.180 e. The Morgan fingerprint density at radius 2 is 1.97 bits per heavy atom. The normalized spacial score (nSPS) is 22.8. The van der Waals surface area contributed by atoms with Crippen molar-refractivity contribution in [2.24, 2.45) is 5.73 Å². The molecule has 1 aliphatic carbocycles. The zero-order valence-electron chi connectivity index (χ0n) is 17.7. The second-order valence-electron chi connectivity index (χ2n) is 8.74. The average molecular weight is 437 g/mol. The van der Waals surface area contributed by atoms with Crippen LogP contribution in [0.15, 0.2) is 53.4 Å². The van der Waals surface area contributed by atoms with Crippen LogP contribution in [-0.4, -0.2) is 37.8 Å². The van der Waals surface area contributed by atoms with Crippen molar-refractivity contribution >= 4 is 32.2 Å². The Morgan fingerprint density at radius 3 is 2.77 bits per heavy atom. The fourth-order valence-corrected chi connectivity index (χ4v) is 6.23. The lowest BCUT2D eigenvalue weighted by atomic mass is 10.1. The Bertz CT molecular complexity index is 1240. The highest BCUT2D eigenvalue weighted by atomic mass is 32.2. The minimum Gasteiger partial charge on any atom is -0.380 e. The highest BCUT2D eigenvalue weighted by molar-refractivity contribution is 7.91. The third-order valence-electron chi connectivity index (χ3n) is 6.48. The lowest BCUT2D eigenvalue weighted by Crippen LogP contribution is -2.35. The fourth-order valence-electron chi connectivity index (χ4n) is 4.73. The topological polar surface area (TPSA) is 88.3 Å². The van der Waals surface area contributed by atoms with Crippen molar-refractivity contribution in [1.82, 2.24) is 4.98 Å². The predicted molar refractivity (Wildman–Crippen MR) is 125 cm³/mol. The van der Waals surface area contributed by atoms with Crippen molar-refractivity contribution in [2.75, 3.05) is 22.5 Å². The molecule has 1 fully saturated rings. The van der Waals surface area contributed by atoms with Gasteiger partial charge >= 0.3 is 0 Å². The van der Waals surface area contributed by atoms with Crippen LogP contribution in [0, 0.1) is 6.92 Å². The van der Waals surface area contributed by atoms with E-state index in [4.69, 9.17) is 10.7 Å². The summed E-state index contributed by atoms with van der Waals surface area (Å²) in [5, 5.41) is 4.76. The van der Waals surface area contributed by atoms with E-state index in [0.29, 0.717) is 18.0 Å². The molecule has 0 saturated heterocycles. The predicted octanol–water partition coefficient (Wildman–Crippen LogP) is 3.63. The van der Waals surface area contributed by atoms with Gasteiger partial charge in [-0.1, -0.05) is 29.8 Å². The SMILES string of the molecule is Cc1ccc2nc(N3CCS(=O)(=O)c4ccccc4C3)cc(N[C@H]3CCC[C@@H]3N)c2c1. The summed E-state index contributed by atoms with van der Waals surface area (Å²) < 4.78 is 25.6. The molecule has 3 N–H and O–H groups in total. The van der Waals surface area contributed by atoms with E-state index in [1.165, 1.54) is 5.56 Å². The van der Waals surface area contributed by atoms with Crippen LogP contribution in [0.2, 0.25) is 0 Å². The molecule has 6 nitrogen and oxygen atoms in total. The summed E-state index contributed by atoms with van der Waals surface area (Å²) in [4.78, 5) is 7.42. The number of hydrogen-bond acceptors (Lipinski definition) is 6. The zero-order valence-corrected chi connectivity index (χ0v) is 18.5. The van der Waals surface area contributed by atoms with Crippen LogP contribution < -0.4 is 16.0 Å². The van der Waals surface area contributed by atoms with E-state index in [0.717, 1.165) is 47.2 Å². The molecule has 0 spiro atoms. The van der Waals surface area contributed by atoms with Gasteiger partial charge in [0.1, 0.15) is 5.82 Å². The van der Waals surface area contributed by atoms with Crippen molar-refractivity contribution in [1.29, 1.82) is 0 Å². The van der Waals surface area contributed by atoms with Crippen LogP contribution in [0.25, 0.3) is 10.9 Å². The first-order valence-electron chi connectivity index (χ1n) is 10.9. The number of benzene rings is 2. The van der Waals surface area contributed by atoms with Crippen LogP contribution in [0.1, 0.15) is 30.4 Å². The molecule has 0 unspecified atom stereocenters. The monoisotopic (exact) mass is 436 g/mol. The molecule has 162 valence electrons. The molecule has 0 radical (unpaired) electrons. The van der Waals surface area contributed by atoms with Gasteiger partial charge in [0.25, 0.3) is 0 Å². The number of nitrogens with zero attached hydrogens (tertiary/aromatic N) is 2. The fraction of sp³-hybridized carbons (Fsp3) is 0.375. The number of anilines is 2. The van der Waals surface area contributed by atoms with Gasteiger partial charge in [-0.15, -0.1) is 0 Å². The van der Waals surface area contributed by atoms with Crippen LogP contribution in [0.3, 0.4) is 0 Å². The van der Waals surface area contributed by atoms with Gasteiger partial charge in [0.2, 0.25) is 0 Å². The van der Waals surface area contributed by atoms with E-state index >= 15 is 0 Å². The molecule has 1 aromatic heterocycles. The molecule has 2 aliphatic rings. The summed E-state index contributed by atoms with van der Waals surface area (Å²) in [6.07, 6.45) is 3.23. The molecule has 2 aromatic carbocycles. The summed E-state index contributed by atoms with van der Waals surface area (Å²) in [6.45, 7) is 3.00. The highest BCUT2D eigenvalue weighted by Crippen LogP contribution is 2.33. The number of rotatable bonds is 3. The number of hydrogen-bond donors (Lipinski definition) is 2. The maximum absolute atomic E-state index is 12.8. The van der Waals surface area contributed by atoms with Gasteiger partial charge in [-0.3, -0.25) is 0 Å². The first-order valence-corrected chi connectivity index (χ1v) is 12.5. The molecule has 1 aliphatic heterocycles. The maximum atomic E-state index is 12.8. The third-order valence-corrected chi connectivity index (χ3v) is 8.27. The molecule has 7 heteroatoms. The number of aromatic nitrogens is 1. The molecule has 2 atom stereocenters. The third kappa shape index (κ3) is 3.88. The van der Waals surface area contributed by atoms with Crippen LogP contribution >= 0.6 is 0 Å². The van der Waals surface area contributed by atoms with E-state index in [9.17, 15) is 8.42 Å². The Morgan fingerprint density at radius 1 is 1.13 bits per heavy atom. The second-order valence-corrected chi connectivity index (χ2v) is 10.8. The number of nitrogens with one attached hydrogen (secondary N) is 1. The Labute approximate surface area is 183 Å². The Hall–Kier alpha value is -2.64. The summed E-state index contributed by atoms with van der Waals surface area (Å²) in [7, 11) is -3.31. The first-order chi connectivity index (χ1) is 14.9. The standard InChI is InChI=1S/C24H28N4O2S/c1-16-9-10-20-18(13-16)22(26-21-7-4-6-19(21)25)14-24(27-20)28-11-12-31(29,30)23-8-3-2-5-17(23)15-28/h2-3,5,8-10,13-14,19,21H,4,6-7,11-12,15,25H2,1H3,(H,26,27)/t19-,21-/m0/s1. The highest BCUT2D eigenvalue weighted by Gasteiger charge is 2.27. The summed E-state index contributed by atoms with van der Waals surface area (Å²) in [5.74, 6) is 0.866.